The largest absolute Gasteiger partial charge is 0.127 e. The van der Waals surface area contributed by atoms with E-state index < -0.39 is 0 Å². The molecule has 2 unspecified atom stereocenters. The van der Waals surface area contributed by atoms with E-state index in [4.69, 9.17) is 1.34 Å². The minimum atomic E-state index is 0.102. The van der Waals surface area contributed by atoms with Gasteiger partial charge in [0.2, 0.25) is 0 Å². The summed E-state index contributed by atoms with van der Waals surface area (Å²) >= 11 is 0. The van der Waals surface area contributed by atoms with Crippen molar-refractivity contribution in [1.29, 1.82) is 1.34 Å². The summed E-state index contributed by atoms with van der Waals surface area (Å²) in [6.45, 7) is 13.2. The predicted octanol–water partition coefficient (Wildman–Crippen LogP) is 3.35. The molecule has 0 aromatic heterocycles. The van der Waals surface area contributed by atoms with E-state index >= 15 is 0 Å². The molecule has 66 valence electrons. The fourth-order valence-corrected chi connectivity index (χ4v) is 0.923. The van der Waals surface area contributed by atoms with Gasteiger partial charge in [-0.15, -0.1) is 0 Å². The summed E-state index contributed by atoms with van der Waals surface area (Å²) in [4.78, 5) is 0. The SMILES string of the molecule is [2H]B(C(C)C(C)C)C(C)C(C)C. The summed E-state index contributed by atoms with van der Waals surface area (Å²) in [5.74, 6) is 2.30. The number of rotatable bonds is 4. The van der Waals surface area contributed by atoms with E-state index in [1.165, 1.54) is 0 Å². The molecule has 0 aromatic rings. The normalized spacial score (nSPS) is 18.4. The minimum Gasteiger partial charge on any atom is -0.0691 e. The molecule has 0 saturated heterocycles. The molecule has 11 heavy (non-hydrogen) atoms. The summed E-state index contributed by atoms with van der Waals surface area (Å²) < 4.78 is 8.04. The molecule has 0 saturated carbocycles. The Morgan fingerprint density at radius 3 is 1.27 bits per heavy atom. The van der Waals surface area contributed by atoms with Gasteiger partial charge in [0.1, 0.15) is 7.24 Å². The Labute approximate surface area is 74.4 Å². The third-order valence-electron chi connectivity index (χ3n) is 2.71. The van der Waals surface area contributed by atoms with Crippen LogP contribution < -0.4 is 0 Å². The molecular formula is C10H23B. The maximum Gasteiger partial charge on any atom is 0.127 e. The molecule has 0 nitrogen and oxygen atoms in total. The first-order chi connectivity index (χ1) is 5.37. The number of hydrogen-bond acceptors (Lipinski definition) is 0. The molecule has 0 aliphatic carbocycles. The van der Waals surface area contributed by atoms with Crippen LogP contribution in [-0.4, -0.2) is 8.58 Å². The minimum absolute atomic E-state index is 0.102. The molecule has 1 heteroatoms. The molecule has 0 amide bonds. The summed E-state index contributed by atoms with van der Waals surface area (Å²) in [7, 11) is 0.102. The van der Waals surface area contributed by atoms with Crippen molar-refractivity contribution < 1.29 is 0 Å². The highest BCUT2D eigenvalue weighted by atomic mass is 14.1. The van der Waals surface area contributed by atoms with Crippen molar-refractivity contribution in [2.24, 2.45) is 11.8 Å². The first-order valence-electron chi connectivity index (χ1n) is 5.37. The second-order valence-electron chi connectivity index (χ2n) is 4.40. The van der Waals surface area contributed by atoms with Gasteiger partial charge >= 0.3 is 0 Å². The molecule has 0 spiro atoms. The van der Waals surface area contributed by atoms with Crippen LogP contribution in [0.1, 0.15) is 41.5 Å². The average molecular weight is 155 g/mol. The predicted molar refractivity (Wildman–Crippen MR) is 55.7 cm³/mol. The van der Waals surface area contributed by atoms with Crippen LogP contribution in [0.4, 0.5) is 0 Å². The van der Waals surface area contributed by atoms with E-state index in [1.807, 2.05) is 0 Å². The van der Waals surface area contributed by atoms with Crippen molar-refractivity contribution >= 4 is 7.24 Å². The van der Waals surface area contributed by atoms with Gasteiger partial charge < -0.3 is 0 Å². The Balaban J connectivity index is 4.08. The van der Waals surface area contributed by atoms with Crippen LogP contribution in [0.5, 0.6) is 0 Å². The van der Waals surface area contributed by atoms with E-state index in [9.17, 15) is 0 Å². The van der Waals surface area contributed by atoms with Crippen molar-refractivity contribution in [3.8, 4) is 0 Å². The van der Waals surface area contributed by atoms with Gasteiger partial charge in [-0.05, 0) is 1.34 Å². The van der Waals surface area contributed by atoms with Crippen LogP contribution in [0.2, 0.25) is 11.6 Å². The molecular weight excluding hydrogens is 131 g/mol. The lowest BCUT2D eigenvalue weighted by molar-refractivity contribution is 0.575. The van der Waals surface area contributed by atoms with Crippen molar-refractivity contribution in [3.05, 3.63) is 0 Å². The van der Waals surface area contributed by atoms with Gasteiger partial charge in [-0.25, -0.2) is 0 Å². The summed E-state index contributed by atoms with van der Waals surface area (Å²) in [5.41, 5.74) is 0. The van der Waals surface area contributed by atoms with Gasteiger partial charge in [0, 0.05) is 0 Å². The lowest BCUT2D eigenvalue weighted by atomic mass is 9.50. The van der Waals surface area contributed by atoms with Crippen molar-refractivity contribution in [2.45, 2.75) is 53.2 Å². The first kappa shape index (κ1) is 9.16. The van der Waals surface area contributed by atoms with Gasteiger partial charge in [0.15, 0.2) is 0 Å². The van der Waals surface area contributed by atoms with Crippen LogP contribution in [0.25, 0.3) is 0 Å². The Morgan fingerprint density at radius 2 is 1.09 bits per heavy atom. The smallest absolute Gasteiger partial charge is 0.0691 e. The Morgan fingerprint density at radius 1 is 0.818 bits per heavy atom. The third kappa shape index (κ3) is 4.50. The topological polar surface area (TPSA) is 0 Å². The van der Waals surface area contributed by atoms with Gasteiger partial charge in [0.25, 0.3) is 0 Å². The Kier molecular flexibility index (Phi) is 4.03. The Hall–Kier alpha value is 0.0649. The monoisotopic (exact) mass is 155 g/mol. The Bertz CT molecular complexity index is 109. The van der Waals surface area contributed by atoms with Crippen molar-refractivity contribution in [2.75, 3.05) is 0 Å². The van der Waals surface area contributed by atoms with E-state index in [0.29, 0.717) is 23.5 Å². The molecule has 0 N–H and O–H groups in total. The van der Waals surface area contributed by atoms with Crippen molar-refractivity contribution in [3.63, 3.8) is 0 Å². The molecule has 0 aliphatic rings. The quantitative estimate of drug-likeness (QED) is 0.546. The van der Waals surface area contributed by atoms with Gasteiger partial charge in [0.05, 0.1) is 0 Å². The summed E-state index contributed by atoms with van der Waals surface area (Å²) in [5, 5.41) is 0. The highest BCUT2D eigenvalue weighted by molar-refractivity contribution is 6.39. The molecule has 0 aromatic carbocycles. The second kappa shape index (κ2) is 4.85. The molecule has 0 radical (unpaired) electrons. The highest BCUT2D eigenvalue weighted by Gasteiger charge is 2.15. The zero-order valence-corrected chi connectivity index (χ0v) is 8.89. The fraction of sp³-hybridized carbons (Fsp3) is 1.00. The van der Waals surface area contributed by atoms with Gasteiger partial charge in [-0.2, -0.15) is 0 Å². The van der Waals surface area contributed by atoms with Crippen LogP contribution in [0.15, 0.2) is 0 Å². The lowest BCUT2D eigenvalue weighted by Crippen LogP contribution is -2.14. The highest BCUT2D eigenvalue weighted by Crippen LogP contribution is 2.24. The van der Waals surface area contributed by atoms with Crippen LogP contribution in [0, 0.1) is 11.8 Å². The first-order valence-corrected chi connectivity index (χ1v) is 4.80. The third-order valence-corrected chi connectivity index (χ3v) is 2.71. The molecule has 0 bridgehead atoms. The van der Waals surface area contributed by atoms with Crippen LogP contribution >= 0.6 is 0 Å². The number of hydrogen-bond donors (Lipinski definition) is 0. The zero-order valence-electron chi connectivity index (χ0n) is 9.89. The molecule has 0 rings (SSSR count). The zero-order chi connectivity index (χ0) is 9.89. The fourth-order valence-electron chi connectivity index (χ4n) is 0.923. The van der Waals surface area contributed by atoms with E-state index in [-0.39, 0.29) is 7.24 Å². The van der Waals surface area contributed by atoms with E-state index in [0.717, 1.165) is 0 Å². The summed E-state index contributed by atoms with van der Waals surface area (Å²) in [6.07, 6.45) is 0. The maximum absolute atomic E-state index is 8.04. The van der Waals surface area contributed by atoms with Gasteiger partial charge in [-0.1, -0.05) is 65.0 Å². The average Bonchev–Trinajstić information content (AvgIpc) is 2.00. The molecule has 0 heterocycles. The van der Waals surface area contributed by atoms with Crippen molar-refractivity contribution in [1.82, 2.24) is 0 Å². The molecule has 0 fully saturated rings. The molecule has 0 aliphatic heterocycles. The second-order valence-corrected chi connectivity index (χ2v) is 4.40. The maximum atomic E-state index is 8.04. The standard InChI is InChI=1S/C10H23B/c1-7(2)9(5)11-10(6)8(3)4/h7-11H,1-6H3/i11D. The van der Waals surface area contributed by atoms with Crippen LogP contribution in [0.3, 0.4) is 0 Å². The van der Waals surface area contributed by atoms with E-state index in [2.05, 4.69) is 41.5 Å². The van der Waals surface area contributed by atoms with Gasteiger partial charge in [-0.3, -0.25) is 0 Å². The molecule has 2 atom stereocenters. The van der Waals surface area contributed by atoms with E-state index in [1.54, 1.807) is 0 Å². The van der Waals surface area contributed by atoms with Crippen LogP contribution in [-0.2, 0) is 0 Å². The summed E-state index contributed by atoms with van der Waals surface area (Å²) in [6, 6.07) is 0. The lowest BCUT2D eigenvalue weighted by Gasteiger charge is -2.21.